The molecular formula is C14H13NO4S. The third-order valence-electron chi connectivity index (χ3n) is 3.41. The lowest BCUT2D eigenvalue weighted by molar-refractivity contribution is -0.151. The molecule has 1 aromatic carbocycles. The Balaban J connectivity index is 1.90. The van der Waals surface area contributed by atoms with Crippen LogP contribution < -0.4 is 4.74 Å². The Bertz CT molecular complexity index is 598. The Morgan fingerprint density at radius 2 is 2.10 bits per heavy atom. The van der Waals surface area contributed by atoms with Gasteiger partial charge in [-0.15, -0.1) is 0 Å². The van der Waals surface area contributed by atoms with Crippen LogP contribution in [0.3, 0.4) is 0 Å². The highest BCUT2D eigenvalue weighted by Crippen LogP contribution is 2.50. The first-order chi connectivity index (χ1) is 9.63. The maximum atomic E-state index is 11.9. The number of carbonyl (C=O) groups excluding carboxylic acids is 1. The van der Waals surface area contributed by atoms with Crippen molar-refractivity contribution in [1.29, 1.82) is 0 Å². The largest absolute Gasteiger partial charge is 0.476 e. The Hall–Kier alpha value is -1.95. The third-order valence-corrected chi connectivity index (χ3v) is 4.68. The van der Waals surface area contributed by atoms with E-state index in [4.69, 9.17) is 4.74 Å². The van der Waals surface area contributed by atoms with E-state index in [0.717, 1.165) is 0 Å². The van der Waals surface area contributed by atoms with Crippen LogP contribution >= 0.6 is 11.8 Å². The molecule has 20 heavy (non-hydrogen) atoms. The minimum Gasteiger partial charge on any atom is -0.476 e. The van der Waals surface area contributed by atoms with Gasteiger partial charge in [-0.3, -0.25) is 9.69 Å². The Labute approximate surface area is 120 Å². The second-order valence-electron chi connectivity index (χ2n) is 4.59. The molecule has 0 radical (unpaired) electrons. The van der Waals surface area contributed by atoms with Gasteiger partial charge in [0.05, 0.1) is 5.92 Å². The number of hydrogen-bond acceptors (Lipinski definition) is 4. The van der Waals surface area contributed by atoms with Gasteiger partial charge in [-0.2, -0.15) is 0 Å². The summed E-state index contributed by atoms with van der Waals surface area (Å²) < 4.78 is 5.64. The molecule has 2 atom stereocenters. The van der Waals surface area contributed by atoms with Gasteiger partial charge >= 0.3 is 5.97 Å². The van der Waals surface area contributed by atoms with Gasteiger partial charge in [0, 0.05) is 0 Å². The molecule has 6 heteroatoms. The second-order valence-corrected chi connectivity index (χ2v) is 5.68. The zero-order chi connectivity index (χ0) is 14.3. The van der Waals surface area contributed by atoms with Crippen LogP contribution in [0.15, 0.2) is 41.1 Å². The lowest BCUT2D eigenvalue weighted by atomic mass is 9.95. The summed E-state index contributed by atoms with van der Waals surface area (Å²) in [6, 6.07) is 8.98. The summed E-state index contributed by atoms with van der Waals surface area (Å²) >= 11 is 1.31. The van der Waals surface area contributed by atoms with E-state index < -0.39 is 5.97 Å². The number of carboxylic acids is 1. The van der Waals surface area contributed by atoms with Gasteiger partial charge in [0.25, 0.3) is 0 Å². The van der Waals surface area contributed by atoms with E-state index in [1.807, 2.05) is 25.1 Å². The van der Waals surface area contributed by atoms with Gasteiger partial charge in [0.2, 0.25) is 5.91 Å². The van der Waals surface area contributed by atoms with Gasteiger partial charge in [0.1, 0.15) is 11.1 Å². The quantitative estimate of drug-likeness (QED) is 0.862. The fraction of sp³-hybridized carbons (Fsp3) is 0.286. The van der Waals surface area contributed by atoms with Crippen molar-refractivity contribution in [2.75, 3.05) is 0 Å². The highest BCUT2D eigenvalue weighted by atomic mass is 32.2. The number of rotatable bonds is 4. The molecule has 2 unspecified atom stereocenters. The molecule has 0 aliphatic carbocycles. The number of fused-ring (bicyclic) bond motifs is 1. The molecule has 1 fully saturated rings. The molecule has 104 valence electrons. The molecule has 0 saturated carbocycles. The van der Waals surface area contributed by atoms with E-state index in [1.54, 1.807) is 12.1 Å². The molecule has 1 N–H and O–H groups in total. The Morgan fingerprint density at radius 3 is 2.70 bits per heavy atom. The summed E-state index contributed by atoms with van der Waals surface area (Å²) in [4.78, 5) is 24.7. The minimum absolute atomic E-state index is 0.0430. The van der Waals surface area contributed by atoms with Crippen LogP contribution in [-0.4, -0.2) is 27.3 Å². The fourth-order valence-electron chi connectivity index (χ4n) is 2.39. The number of β-lactam (4-membered cyclic amide) rings is 1. The van der Waals surface area contributed by atoms with Gasteiger partial charge in [-0.1, -0.05) is 36.9 Å². The van der Waals surface area contributed by atoms with Gasteiger partial charge < -0.3 is 9.84 Å². The maximum Gasteiger partial charge on any atom is 0.357 e. The predicted molar refractivity (Wildman–Crippen MR) is 73.7 cm³/mol. The van der Waals surface area contributed by atoms with Crippen LogP contribution in [0.1, 0.15) is 13.3 Å². The Morgan fingerprint density at radius 1 is 1.40 bits per heavy atom. The standard InChI is InChI=1S/C14H13NO4S/c1-2-9-11(16)15-10(13(17)18)14(20-12(9)15)19-8-6-4-3-5-7-8/h3-7,9,12H,2H2,1H3,(H,17,18). The first kappa shape index (κ1) is 13.1. The average molecular weight is 291 g/mol. The van der Waals surface area contributed by atoms with Crippen molar-refractivity contribution in [3.63, 3.8) is 0 Å². The normalized spacial score (nSPS) is 24.4. The molecule has 0 spiro atoms. The molecule has 0 aromatic heterocycles. The number of amides is 1. The minimum atomic E-state index is -1.13. The SMILES string of the molecule is CCC1C(=O)N2C(C(=O)O)=C(Oc3ccccc3)SC12. The zero-order valence-corrected chi connectivity index (χ0v) is 11.6. The van der Waals surface area contributed by atoms with Crippen molar-refractivity contribution in [3.05, 3.63) is 41.1 Å². The lowest BCUT2D eigenvalue weighted by Crippen LogP contribution is -2.56. The van der Waals surface area contributed by atoms with E-state index in [1.165, 1.54) is 16.7 Å². The molecule has 2 aliphatic heterocycles. The van der Waals surface area contributed by atoms with Gasteiger partial charge in [-0.25, -0.2) is 4.79 Å². The number of carbonyl (C=O) groups is 2. The highest BCUT2D eigenvalue weighted by Gasteiger charge is 2.56. The van der Waals surface area contributed by atoms with Crippen LogP contribution in [0, 0.1) is 5.92 Å². The van der Waals surface area contributed by atoms with Crippen molar-refractivity contribution in [1.82, 2.24) is 4.90 Å². The van der Waals surface area contributed by atoms with Crippen LogP contribution in [0.5, 0.6) is 5.75 Å². The first-order valence-electron chi connectivity index (χ1n) is 6.33. The molecule has 1 amide bonds. The maximum absolute atomic E-state index is 11.9. The molecular weight excluding hydrogens is 278 g/mol. The van der Waals surface area contributed by atoms with Crippen molar-refractivity contribution >= 4 is 23.6 Å². The van der Waals surface area contributed by atoms with Crippen LogP contribution in [0.25, 0.3) is 0 Å². The number of carboxylic acid groups (broad SMARTS) is 1. The van der Waals surface area contributed by atoms with Gasteiger partial charge in [-0.05, 0) is 18.6 Å². The predicted octanol–water partition coefficient (Wildman–Crippen LogP) is 2.26. The van der Waals surface area contributed by atoms with Gasteiger partial charge in [0.15, 0.2) is 10.8 Å². The van der Waals surface area contributed by atoms with E-state index >= 15 is 0 Å². The number of ether oxygens (including phenoxy) is 1. The smallest absolute Gasteiger partial charge is 0.357 e. The van der Waals surface area contributed by atoms with Crippen LogP contribution in [0.4, 0.5) is 0 Å². The van der Waals surface area contributed by atoms with E-state index in [-0.39, 0.29) is 28.0 Å². The fourth-order valence-corrected chi connectivity index (χ4v) is 3.84. The number of benzene rings is 1. The summed E-state index contributed by atoms with van der Waals surface area (Å²) in [5.41, 5.74) is -0.0430. The molecule has 2 aliphatic rings. The summed E-state index contributed by atoms with van der Waals surface area (Å²) in [6.45, 7) is 1.93. The number of aliphatic carboxylic acids is 1. The first-order valence-corrected chi connectivity index (χ1v) is 7.21. The van der Waals surface area contributed by atoms with Crippen LogP contribution in [-0.2, 0) is 9.59 Å². The average Bonchev–Trinajstić information content (AvgIpc) is 2.76. The lowest BCUT2D eigenvalue weighted by Gasteiger charge is -2.41. The third kappa shape index (κ3) is 1.87. The van der Waals surface area contributed by atoms with E-state index in [0.29, 0.717) is 12.2 Å². The summed E-state index contributed by atoms with van der Waals surface area (Å²) in [6.07, 6.45) is 0.707. The van der Waals surface area contributed by atoms with E-state index in [2.05, 4.69) is 0 Å². The highest BCUT2D eigenvalue weighted by molar-refractivity contribution is 8.03. The molecule has 3 rings (SSSR count). The Kier molecular flexibility index (Phi) is 3.17. The summed E-state index contributed by atoms with van der Waals surface area (Å²) in [5, 5.41) is 9.46. The molecule has 1 aromatic rings. The summed E-state index contributed by atoms with van der Waals surface area (Å²) in [5.74, 6) is -0.814. The van der Waals surface area contributed by atoms with Crippen molar-refractivity contribution in [3.8, 4) is 5.75 Å². The summed E-state index contributed by atoms with van der Waals surface area (Å²) in [7, 11) is 0. The monoisotopic (exact) mass is 291 g/mol. The number of para-hydroxylation sites is 1. The molecule has 5 nitrogen and oxygen atoms in total. The molecule has 2 heterocycles. The second kappa shape index (κ2) is 4.86. The molecule has 0 bridgehead atoms. The van der Waals surface area contributed by atoms with Crippen LogP contribution in [0.2, 0.25) is 0 Å². The number of nitrogens with zero attached hydrogens (tertiary/aromatic N) is 1. The topological polar surface area (TPSA) is 66.8 Å². The van der Waals surface area contributed by atoms with E-state index in [9.17, 15) is 14.7 Å². The van der Waals surface area contributed by atoms with Crippen molar-refractivity contribution in [2.24, 2.45) is 5.92 Å². The molecule has 1 saturated heterocycles. The number of hydrogen-bond donors (Lipinski definition) is 1. The van der Waals surface area contributed by atoms with Crippen molar-refractivity contribution < 1.29 is 19.4 Å². The van der Waals surface area contributed by atoms with Crippen molar-refractivity contribution in [2.45, 2.75) is 18.7 Å². The zero-order valence-electron chi connectivity index (χ0n) is 10.8. The number of thioether (sulfide) groups is 1.